The van der Waals surface area contributed by atoms with Crippen molar-refractivity contribution in [1.82, 2.24) is 25.0 Å². The number of hydrogen-bond acceptors (Lipinski definition) is 9. The van der Waals surface area contributed by atoms with Gasteiger partial charge < -0.3 is 14.0 Å². The number of methoxy groups -OCH3 is 2. The van der Waals surface area contributed by atoms with Gasteiger partial charge in [0.1, 0.15) is 5.01 Å². The molecular formula is C19H22N6O3S2. The lowest BCUT2D eigenvalue weighted by Gasteiger charge is -2.10. The zero-order valence-corrected chi connectivity index (χ0v) is 18.5. The van der Waals surface area contributed by atoms with Gasteiger partial charge in [-0.2, -0.15) is 0 Å². The van der Waals surface area contributed by atoms with Crippen LogP contribution in [0.1, 0.15) is 30.7 Å². The maximum Gasteiger partial charge on any atom is 0.236 e. The standard InChI is InChI=1S/C19H22N6O3S2/c1-4-25-16(12-7-8-13(27-2)14(9-12)28-3)21-24-19(25)29-10-15(26)20-18-23-22-17(30-18)11-5-6-11/h7-9,11H,4-6,10H2,1-3H3,(H,20,23,26). The lowest BCUT2D eigenvalue weighted by molar-refractivity contribution is -0.113. The molecule has 0 bridgehead atoms. The summed E-state index contributed by atoms with van der Waals surface area (Å²) in [6.07, 6.45) is 2.32. The second-order valence-corrected chi connectivity index (χ2v) is 8.63. The molecule has 1 aliphatic rings. The molecule has 1 aromatic carbocycles. The fourth-order valence-corrected chi connectivity index (χ4v) is 4.67. The SMILES string of the molecule is CCn1c(SCC(=O)Nc2nnc(C3CC3)s2)nnc1-c1ccc(OC)c(OC)c1. The van der Waals surface area contributed by atoms with Crippen molar-refractivity contribution < 1.29 is 14.3 Å². The first kappa shape index (κ1) is 20.6. The number of ether oxygens (including phenoxy) is 2. The van der Waals surface area contributed by atoms with Crippen LogP contribution in [0.3, 0.4) is 0 Å². The molecule has 1 amide bonds. The number of hydrogen-bond donors (Lipinski definition) is 1. The molecule has 1 N–H and O–H groups in total. The number of nitrogens with zero attached hydrogens (tertiary/aromatic N) is 5. The number of nitrogens with one attached hydrogen (secondary N) is 1. The van der Waals surface area contributed by atoms with Crippen LogP contribution >= 0.6 is 23.1 Å². The van der Waals surface area contributed by atoms with Crippen LogP contribution < -0.4 is 14.8 Å². The van der Waals surface area contributed by atoms with Gasteiger partial charge in [-0.05, 0) is 38.0 Å². The summed E-state index contributed by atoms with van der Waals surface area (Å²) in [6, 6.07) is 5.61. The summed E-state index contributed by atoms with van der Waals surface area (Å²) in [6.45, 7) is 2.68. The lowest BCUT2D eigenvalue weighted by Crippen LogP contribution is -2.14. The van der Waals surface area contributed by atoms with Crippen molar-refractivity contribution in [2.24, 2.45) is 0 Å². The summed E-state index contributed by atoms with van der Waals surface area (Å²) in [4.78, 5) is 12.3. The fraction of sp³-hybridized carbons (Fsp3) is 0.421. The number of aromatic nitrogens is 5. The summed E-state index contributed by atoms with van der Waals surface area (Å²) < 4.78 is 12.6. The molecule has 1 aliphatic carbocycles. The normalized spacial score (nSPS) is 13.3. The van der Waals surface area contributed by atoms with E-state index in [1.54, 1.807) is 14.2 Å². The Balaban J connectivity index is 1.43. The Bertz CT molecular complexity index is 1050. The topological polar surface area (TPSA) is 104 Å². The van der Waals surface area contributed by atoms with Crippen molar-refractivity contribution >= 4 is 34.1 Å². The van der Waals surface area contributed by atoms with Crippen LogP contribution in [0, 0.1) is 0 Å². The highest BCUT2D eigenvalue weighted by Gasteiger charge is 2.27. The Morgan fingerprint density at radius 1 is 1.20 bits per heavy atom. The van der Waals surface area contributed by atoms with Crippen LogP contribution in [0.4, 0.5) is 5.13 Å². The summed E-state index contributed by atoms with van der Waals surface area (Å²) >= 11 is 2.79. The van der Waals surface area contributed by atoms with Crippen LogP contribution in [0.2, 0.25) is 0 Å². The zero-order chi connectivity index (χ0) is 21.1. The molecular weight excluding hydrogens is 424 g/mol. The van der Waals surface area contributed by atoms with Crippen molar-refractivity contribution in [3.63, 3.8) is 0 Å². The highest BCUT2D eigenvalue weighted by molar-refractivity contribution is 7.99. The third kappa shape index (κ3) is 4.41. The molecule has 30 heavy (non-hydrogen) atoms. The Hall–Kier alpha value is -2.66. The molecule has 0 atom stereocenters. The smallest absolute Gasteiger partial charge is 0.236 e. The summed E-state index contributed by atoms with van der Waals surface area (Å²) in [5.41, 5.74) is 0.861. The quantitative estimate of drug-likeness (QED) is 0.499. The molecule has 2 heterocycles. The Morgan fingerprint density at radius 2 is 2.00 bits per heavy atom. The van der Waals surface area contributed by atoms with E-state index in [2.05, 4.69) is 25.7 Å². The maximum atomic E-state index is 12.3. The summed E-state index contributed by atoms with van der Waals surface area (Å²) in [5.74, 6) is 2.58. The Morgan fingerprint density at radius 3 is 2.70 bits per heavy atom. The second-order valence-electron chi connectivity index (χ2n) is 6.68. The molecule has 1 fully saturated rings. The summed E-state index contributed by atoms with van der Waals surface area (Å²) in [5, 5.41) is 21.8. The third-order valence-corrected chi connectivity index (χ3v) is 6.59. The number of amides is 1. The van der Waals surface area contributed by atoms with Crippen molar-refractivity contribution in [2.45, 2.75) is 37.4 Å². The van der Waals surface area contributed by atoms with Crippen molar-refractivity contribution in [2.75, 3.05) is 25.3 Å². The first-order valence-electron chi connectivity index (χ1n) is 9.54. The highest BCUT2D eigenvalue weighted by atomic mass is 32.2. The van der Waals surface area contributed by atoms with Gasteiger partial charge in [-0.1, -0.05) is 23.1 Å². The number of thioether (sulfide) groups is 1. The van der Waals surface area contributed by atoms with E-state index < -0.39 is 0 Å². The van der Waals surface area contributed by atoms with E-state index in [1.807, 2.05) is 29.7 Å². The van der Waals surface area contributed by atoms with E-state index in [4.69, 9.17) is 9.47 Å². The molecule has 1 saturated carbocycles. The molecule has 11 heteroatoms. The molecule has 2 aromatic heterocycles. The van der Waals surface area contributed by atoms with Gasteiger partial charge in [-0.3, -0.25) is 10.1 Å². The van der Waals surface area contributed by atoms with E-state index >= 15 is 0 Å². The van der Waals surface area contributed by atoms with Gasteiger partial charge >= 0.3 is 0 Å². The van der Waals surface area contributed by atoms with Gasteiger partial charge in [0.05, 0.1) is 20.0 Å². The molecule has 3 aromatic rings. The minimum Gasteiger partial charge on any atom is -0.493 e. The molecule has 158 valence electrons. The fourth-order valence-electron chi connectivity index (χ4n) is 2.94. The molecule has 4 rings (SSSR count). The lowest BCUT2D eigenvalue weighted by atomic mass is 10.2. The van der Waals surface area contributed by atoms with Gasteiger partial charge in [0, 0.05) is 18.0 Å². The summed E-state index contributed by atoms with van der Waals surface area (Å²) in [7, 11) is 3.19. The number of carbonyl (C=O) groups is 1. The first-order chi connectivity index (χ1) is 14.6. The van der Waals surface area contributed by atoms with Gasteiger partial charge in [-0.15, -0.1) is 20.4 Å². The second kappa shape index (κ2) is 9.00. The Kier molecular flexibility index (Phi) is 6.18. The first-order valence-corrected chi connectivity index (χ1v) is 11.3. The molecule has 0 spiro atoms. The van der Waals surface area contributed by atoms with Crippen LogP contribution in [0.5, 0.6) is 11.5 Å². The molecule has 0 saturated heterocycles. The predicted octanol–water partition coefficient (Wildman–Crippen LogP) is 3.44. The van der Waals surface area contributed by atoms with E-state index in [9.17, 15) is 4.79 Å². The van der Waals surface area contributed by atoms with Crippen LogP contribution in [0.15, 0.2) is 23.4 Å². The maximum absolute atomic E-state index is 12.3. The van der Waals surface area contributed by atoms with Crippen molar-refractivity contribution in [3.05, 3.63) is 23.2 Å². The zero-order valence-electron chi connectivity index (χ0n) is 16.9. The monoisotopic (exact) mass is 446 g/mol. The molecule has 0 radical (unpaired) electrons. The van der Waals surface area contributed by atoms with Gasteiger partial charge in [0.2, 0.25) is 11.0 Å². The number of anilines is 1. The largest absolute Gasteiger partial charge is 0.493 e. The molecule has 9 nitrogen and oxygen atoms in total. The predicted molar refractivity (Wildman–Crippen MR) is 115 cm³/mol. The van der Waals surface area contributed by atoms with E-state index in [0.717, 1.165) is 23.4 Å². The van der Waals surface area contributed by atoms with Crippen LogP contribution in [-0.2, 0) is 11.3 Å². The van der Waals surface area contributed by atoms with Crippen LogP contribution in [-0.4, -0.2) is 50.8 Å². The highest BCUT2D eigenvalue weighted by Crippen LogP contribution is 2.42. The van der Waals surface area contributed by atoms with Gasteiger partial charge in [-0.25, -0.2) is 0 Å². The average Bonchev–Trinajstić information content (AvgIpc) is 3.37. The van der Waals surface area contributed by atoms with Gasteiger partial charge in [0.15, 0.2) is 22.5 Å². The van der Waals surface area contributed by atoms with Crippen molar-refractivity contribution in [3.8, 4) is 22.9 Å². The number of carbonyl (C=O) groups excluding carboxylic acids is 1. The molecule has 0 aliphatic heterocycles. The minimum atomic E-state index is -0.142. The average molecular weight is 447 g/mol. The third-order valence-electron chi connectivity index (χ3n) is 4.62. The van der Waals surface area contributed by atoms with Crippen molar-refractivity contribution in [1.29, 1.82) is 0 Å². The van der Waals surface area contributed by atoms with Gasteiger partial charge in [0.25, 0.3) is 0 Å². The van der Waals surface area contributed by atoms with E-state index in [1.165, 1.54) is 23.1 Å². The minimum absolute atomic E-state index is 0.142. The number of rotatable bonds is 9. The Labute approximate surface area is 182 Å². The van der Waals surface area contributed by atoms with E-state index in [-0.39, 0.29) is 11.7 Å². The van der Waals surface area contributed by atoms with Crippen LogP contribution in [0.25, 0.3) is 11.4 Å². The number of benzene rings is 1. The molecule has 0 unspecified atom stereocenters. The van der Waals surface area contributed by atoms with E-state index in [0.29, 0.717) is 40.1 Å².